The topological polar surface area (TPSA) is 44.4 Å². The van der Waals surface area contributed by atoms with Gasteiger partial charge in [0.1, 0.15) is 0 Å². The predicted octanol–water partition coefficient (Wildman–Crippen LogP) is 4.47. The number of nitrogens with one attached hydrogen (secondary N) is 2. The van der Waals surface area contributed by atoms with Gasteiger partial charge in [0.25, 0.3) is 0 Å². The van der Waals surface area contributed by atoms with Crippen LogP contribution in [-0.4, -0.2) is 42.1 Å². The Bertz CT molecular complexity index is 599. The minimum absolute atomic E-state index is 0.325. The maximum atomic E-state index is 12.5. The SMILES string of the molecule is O=C(CCCCNC(=S)NCCC1=CCCCC1)N1CCC2CCCC=C2C1. The number of piperidine rings is 1. The van der Waals surface area contributed by atoms with Gasteiger partial charge in [-0.3, -0.25) is 4.79 Å². The van der Waals surface area contributed by atoms with Crippen molar-refractivity contribution in [1.29, 1.82) is 0 Å². The first-order chi connectivity index (χ1) is 13.7. The summed E-state index contributed by atoms with van der Waals surface area (Å²) in [6.45, 7) is 3.59. The van der Waals surface area contributed by atoms with E-state index >= 15 is 0 Å². The predicted molar refractivity (Wildman–Crippen MR) is 120 cm³/mol. The van der Waals surface area contributed by atoms with Gasteiger partial charge in [-0.2, -0.15) is 0 Å². The minimum atomic E-state index is 0.325. The number of hydrogen-bond acceptors (Lipinski definition) is 2. The summed E-state index contributed by atoms with van der Waals surface area (Å²) in [7, 11) is 0. The Labute approximate surface area is 176 Å². The van der Waals surface area contributed by atoms with Crippen molar-refractivity contribution >= 4 is 23.2 Å². The van der Waals surface area contributed by atoms with Crippen LogP contribution >= 0.6 is 12.2 Å². The van der Waals surface area contributed by atoms with E-state index in [9.17, 15) is 4.79 Å². The van der Waals surface area contributed by atoms with E-state index in [0.717, 1.165) is 62.9 Å². The number of fused-ring (bicyclic) bond motifs is 1. The molecule has 0 spiro atoms. The molecule has 1 aliphatic heterocycles. The second-order valence-electron chi connectivity index (χ2n) is 8.51. The second kappa shape index (κ2) is 11.6. The molecule has 28 heavy (non-hydrogen) atoms. The van der Waals surface area contributed by atoms with Crippen LogP contribution in [-0.2, 0) is 4.79 Å². The minimum Gasteiger partial charge on any atom is -0.363 e. The molecule has 0 aromatic heterocycles. The molecule has 4 nitrogen and oxygen atoms in total. The fourth-order valence-electron chi connectivity index (χ4n) is 4.64. The van der Waals surface area contributed by atoms with Crippen molar-refractivity contribution in [2.45, 2.75) is 77.0 Å². The summed E-state index contributed by atoms with van der Waals surface area (Å²) in [4.78, 5) is 14.6. The number of unbranched alkanes of at least 4 members (excludes halogenated alkanes) is 1. The van der Waals surface area contributed by atoms with Gasteiger partial charge < -0.3 is 15.5 Å². The highest BCUT2D eigenvalue weighted by atomic mass is 32.1. The quantitative estimate of drug-likeness (QED) is 0.356. The Morgan fingerprint density at radius 1 is 1.07 bits per heavy atom. The lowest BCUT2D eigenvalue weighted by Crippen LogP contribution is -2.40. The molecule has 0 saturated carbocycles. The number of likely N-dealkylation sites (tertiary alicyclic amines) is 1. The molecule has 2 aliphatic carbocycles. The van der Waals surface area contributed by atoms with Gasteiger partial charge in [-0.05, 0) is 88.8 Å². The molecule has 1 atom stereocenters. The van der Waals surface area contributed by atoms with Crippen LogP contribution in [0.3, 0.4) is 0 Å². The van der Waals surface area contributed by atoms with Crippen molar-refractivity contribution in [3.05, 3.63) is 23.3 Å². The summed E-state index contributed by atoms with van der Waals surface area (Å²) in [5.74, 6) is 1.08. The standard InChI is InChI=1S/C23H37N3OS/c27-22(26-17-14-20-10-4-5-11-21(20)18-26)12-6-7-15-24-23(28)25-16-13-19-8-2-1-3-9-19/h8,11,20H,1-7,9-10,12-18H2,(H2,24,25,28). The van der Waals surface area contributed by atoms with Crippen molar-refractivity contribution in [3.8, 4) is 0 Å². The smallest absolute Gasteiger partial charge is 0.222 e. The lowest BCUT2D eigenvalue weighted by Gasteiger charge is -2.36. The van der Waals surface area contributed by atoms with E-state index in [1.54, 1.807) is 5.57 Å². The van der Waals surface area contributed by atoms with E-state index in [0.29, 0.717) is 12.3 Å². The van der Waals surface area contributed by atoms with Crippen LogP contribution in [0.5, 0.6) is 0 Å². The van der Waals surface area contributed by atoms with Crippen LogP contribution in [0.25, 0.3) is 0 Å². The van der Waals surface area contributed by atoms with Crippen molar-refractivity contribution < 1.29 is 4.79 Å². The highest BCUT2D eigenvalue weighted by Gasteiger charge is 2.27. The maximum Gasteiger partial charge on any atom is 0.222 e. The number of rotatable bonds is 8. The third-order valence-corrected chi connectivity index (χ3v) is 6.67. The summed E-state index contributed by atoms with van der Waals surface area (Å²) in [5, 5.41) is 7.33. The van der Waals surface area contributed by atoms with Gasteiger partial charge in [0.05, 0.1) is 0 Å². The zero-order valence-electron chi connectivity index (χ0n) is 17.3. The van der Waals surface area contributed by atoms with Crippen molar-refractivity contribution in [3.63, 3.8) is 0 Å². The van der Waals surface area contributed by atoms with Crippen LogP contribution in [0.15, 0.2) is 23.3 Å². The van der Waals surface area contributed by atoms with Crippen molar-refractivity contribution in [2.24, 2.45) is 5.92 Å². The number of amides is 1. The van der Waals surface area contributed by atoms with Crippen LogP contribution in [0, 0.1) is 5.92 Å². The van der Waals surface area contributed by atoms with Gasteiger partial charge in [0.2, 0.25) is 5.91 Å². The van der Waals surface area contributed by atoms with Gasteiger partial charge in [-0.15, -0.1) is 0 Å². The highest BCUT2D eigenvalue weighted by Crippen LogP contribution is 2.32. The molecule has 1 amide bonds. The van der Waals surface area contributed by atoms with Crippen LogP contribution in [0.1, 0.15) is 77.0 Å². The van der Waals surface area contributed by atoms with Gasteiger partial charge in [-0.25, -0.2) is 0 Å². The van der Waals surface area contributed by atoms with Crippen LogP contribution in [0.2, 0.25) is 0 Å². The number of hydrogen-bond donors (Lipinski definition) is 2. The molecule has 5 heteroatoms. The van der Waals surface area contributed by atoms with Gasteiger partial charge in [0, 0.05) is 32.6 Å². The third-order valence-electron chi connectivity index (χ3n) is 6.38. The van der Waals surface area contributed by atoms with Crippen molar-refractivity contribution in [2.75, 3.05) is 26.2 Å². The molecule has 3 aliphatic rings. The Morgan fingerprint density at radius 2 is 1.93 bits per heavy atom. The van der Waals surface area contributed by atoms with E-state index in [4.69, 9.17) is 12.2 Å². The second-order valence-corrected chi connectivity index (χ2v) is 8.92. The fraction of sp³-hybridized carbons (Fsp3) is 0.739. The zero-order valence-corrected chi connectivity index (χ0v) is 18.1. The van der Waals surface area contributed by atoms with Crippen LogP contribution < -0.4 is 10.6 Å². The molecule has 0 radical (unpaired) electrons. The molecule has 1 fully saturated rings. The van der Waals surface area contributed by atoms with Gasteiger partial charge >= 0.3 is 0 Å². The van der Waals surface area contributed by atoms with Gasteiger partial charge in [0.15, 0.2) is 5.11 Å². The molecule has 0 bridgehead atoms. The number of nitrogens with zero attached hydrogens (tertiary/aromatic N) is 1. The maximum absolute atomic E-state index is 12.5. The molecular weight excluding hydrogens is 366 g/mol. The summed E-state index contributed by atoms with van der Waals surface area (Å²) < 4.78 is 0. The van der Waals surface area contributed by atoms with Crippen molar-refractivity contribution in [1.82, 2.24) is 15.5 Å². The number of carbonyl (C=O) groups is 1. The fourth-order valence-corrected chi connectivity index (χ4v) is 4.85. The molecule has 0 aromatic carbocycles. The van der Waals surface area contributed by atoms with E-state index in [-0.39, 0.29) is 0 Å². The van der Waals surface area contributed by atoms with E-state index in [1.807, 2.05) is 0 Å². The van der Waals surface area contributed by atoms with E-state index in [2.05, 4.69) is 27.7 Å². The molecule has 156 valence electrons. The largest absolute Gasteiger partial charge is 0.363 e. The highest BCUT2D eigenvalue weighted by molar-refractivity contribution is 7.80. The van der Waals surface area contributed by atoms with E-state index in [1.165, 1.54) is 50.5 Å². The number of carbonyl (C=O) groups excluding carboxylic acids is 1. The first-order valence-corrected chi connectivity index (χ1v) is 11.8. The summed E-state index contributed by atoms with van der Waals surface area (Å²) in [5.41, 5.74) is 3.10. The number of allylic oxidation sites excluding steroid dienone is 2. The Hall–Kier alpha value is -1.36. The normalized spacial score (nSPS) is 22.0. The molecular formula is C23H37N3OS. The Morgan fingerprint density at radius 3 is 2.79 bits per heavy atom. The first-order valence-electron chi connectivity index (χ1n) is 11.4. The third kappa shape index (κ3) is 6.91. The lowest BCUT2D eigenvalue weighted by atomic mass is 9.82. The van der Waals surface area contributed by atoms with Crippen LogP contribution in [0.4, 0.5) is 0 Å². The zero-order chi connectivity index (χ0) is 19.6. The average Bonchev–Trinajstić information content (AvgIpc) is 2.73. The number of thiocarbonyl (C=S) groups is 1. The molecule has 2 N–H and O–H groups in total. The lowest BCUT2D eigenvalue weighted by molar-refractivity contribution is -0.131. The molecule has 0 aromatic rings. The molecule has 1 unspecified atom stereocenters. The Balaban J connectivity index is 1.21. The molecule has 1 heterocycles. The summed E-state index contributed by atoms with van der Waals surface area (Å²) >= 11 is 5.36. The Kier molecular flexibility index (Phi) is 8.84. The monoisotopic (exact) mass is 403 g/mol. The van der Waals surface area contributed by atoms with Gasteiger partial charge in [-0.1, -0.05) is 23.3 Å². The summed E-state index contributed by atoms with van der Waals surface area (Å²) in [6.07, 6.45) is 18.6. The first kappa shape index (κ1) is 21.4. The molecule has 3 rings (SSSR count). The van der Waals surface area contributed by atoms with E-state index < -0.39 is 0 Å². The summed E-state index contributed by atoms with van der Waals surface area (Å²) in [6, 6.07) is 0. The average molecular weight is 404 g/mol. The molecule has 1 saturated heterocycles.